The Morgan fingerprint density at radius 1 is 1.00 bits per heavy atom. The molecular weight excluding hydrogens is 368 g/mol. The Balaban J connectivity index is 1.46. The molecule has 0 unspecified atom stereocenters. The number of Topliss-reactive ketones (excluding diaryl/α,β-unsaturated/α-hetero) is 1. The van der Waals surface area contributed by atoms with Crippen molar-refractivity contribution in [1.29, 1.82) is 0 Å². The standard InChI is InChI=1S/C24H28O3S/c1-17-8-9-18(2)23(14-17)28-16-24(26)27-15-22(25)21-12-10-20(11-13-21)19-6-4-3-5-7-19/h8-14,19H,3-7,15-16H2,1-2H3. The Kier molecular flexibility index (Phi) is 7.32. The molecule has 2 aromatic carbocycles. The first-order valence-corrected chi connectivity index (χ1v) is 11.0. The molecule has 1 aliphatic rings. The maximum absolute atomic E-state index is 12.3. The molecule has 0 bridgehead atoms. The van der Waals surface area contributed by atoms with E-state index in [1.54, 1.807) is 0 Å². The van der Waals surface area contributed by atoms with E-state index in [0.29, 0.717) is 11.5 Å². The van der Waals surface area contributed by atoms with Crippen LogP contribution in [0.2, 0.25) is 0 Å². The maximum atomic E-state index is 12.3. The number of rotatable bonds is 7. The molecule has 0 N–H and O–H groups in total. The first kappa shape index (κ1) is 20.7. The Morgan fingerprint density at radius 2 is 1.71 bits per heavy atom. The molecule has 3 nitrogen and oxygen atoms in total. The molecule has 0 spiro atoms. The normalized spacial score (nSPS) is 14.6. The minimum atomic E-state index is -0.363. The maximum Gasteiger partial charge on any atom is 0.316 e. The Hall–Kier alpha value is -2.07. The van der Waals surface area contributed by atoms with E-state index >= 15 is 0 Å². The van der Waals surface area contributed by atoms with Crippen LogP contribution in [-0.4, -0.2) is 24.1 Å². The zero-order valence-electron chi connectivity index (χ0n) is 16.7. The molecule has 0 radical (unpaired) electrons. The number of hydrogen-bond acceptors (Lipinski definition) is 4. The highest BCUT2D eigenvalue weighted by Gasteiger charge is 2.16. The van der Waals surface area contributed by atoms with Gasteiger partial charge in [-0.25, -0.2) is 0 Å². The van der Waals surface area contributed by atoms with Gasteiger partial charge in [0, 0.05) is 10.5 Å². The van der Waals surface area contributed by atoms with Gasteiger partial charge in [0.15, 0.2) is 12.4 Å². The summed E-state index contributed by atoms with van der Waals surface area (Å²) in [6.45, 7) is 3.85. The smallest absolute Gasteiger partial charge is 0.316 e. The first-order chi connectivity index (χ1) is 13.5. The van der Waals surface area contributed by atoms with Crippen LogP contribution < -0.4 is 0 Å². The highest BCUT2D eigenvalue weighted by atomic mass is 32.2. The van der Waals surface area contributed by atoms with E-state index < -0.39 is 0 Å². The molecule has 3 rings (SSSR count). The zero-order chi connectivity index (χ0) is 19.9. The number of ketones is 1. The summed E-state index contributed by atoms with van der Waals surface area (Å²) < 4.78 is 5.19. The van der Waals surface area contributed by atoms with E-state index in [0.717, 1.165) is 16.0 Å². The largest absolute Gasteiger partial charge is 0.457 e. The third-order valence-electron chi connectivity index (χ3n) is 5.36. The second-order valence-electron chi connectivity index (χ2n) is 7.60. The summed E-state index contributed by atoms with van der Waals surface area (Å²) >= 11 is 1.45. The van der Waals surface area contributed by atoms with Gasteiger partial charge in [0.1, 0.15) is 0 Å². The van der Waals surface area contributed by atoms with Crippen molar-refractivity contribution in [3.63, 3.8) is 0 Å². The van der Waals surface area contributed by atoms with Crippen molar-refractivity contribution in [2.24, 2.45) is 0 Å². The van der Waals surface area contributed by atoms with Crippen LogP contribution in [0, 0.1) is 13.8 Å². The van der Waals surface area contributed by atoms with Crippen LogP contribution in [0.3, 0.4) is 0 Å². The van der Waals surface area contributed by atoms with E-state index in [-0.39, 0.29) is 24.1 Å². The summed E-state index contributed by atoms with van der Waals surface area (Å²) in [6.07, 6.45) is 6.40. The fourth-order valence-electron chi connectivity index (χ4n) is 3.65. The number of carbonyl (C=O) groups excluding carboxylic acids is 2. The number of benzene rings is 2. The SMILES string of the molecule is Cc1ccc(C)c(SCC(=O)OCC(=O)c2ccc(C3CCCCC3)cc2)c1. The van der Waals surface area contributed by atoms with Crippen molar-refractivity contribution < 1.29 is 14.3 Å². The summed E-state index contributed by atoms with van der Waals surface area (Å²) in [6, 6.07) is 14.0. The van der Waals surface area contributed by atoms with Crippen LogP contribution in [0.5, 0.6) is 0 Å². The third-order valence-corrected chi connectivity index (χ3v) is 6.49. The Morgan fingerprint density at radius 3 is 2.43 bits per heavy atom. The van der Waals surface area contributed by atoms with E-state index in [9.17, 15) is 9.59 Å². The minimum Gasteiger partial charge on any atom is -0.457 e. The molecule has 0 aliphatic heterocycles. The molecule has 0 atom stereocenters. The monoisotopic (exact) mass is 396 g/mol. The highest BCUT2D eigenvalue weighted by molar-refractivity contribution is 8.00. The van der Waals surface area contributed by atoms with Crippen LogP contribution in [0.1, 0.15) is 65.1 Å². The molecule has 1 fully saturated rings. The van der Waals surface area contributed by atoms with Gasteiger partial charge in [0.25, 0.3) is 0 Å². The van der Waals surface area contributed by atoms with E-state index in [2.05, 4.69) is 24.3 Å². The van der Waals surface area contributed by atoms with Crippen LogP contribution in [-0.2, 0) is 9.53 Å². The lowest BCUT2D eigenvalue weighted by atomic mass is 9.84. The molecule has 28 heavy (non-hydrogen) atoms. The molecule has 2 aromatic rings. The van der Waals surface area contributed by atoms with Crippen molar-refractivity contribution >= 4 is 23.5 Å². The predicted octanol–water partition coefficient (Wildman–Crippen LogP) is 5.87. The lowest BCUT2D eigenvalue weighted by Crippen LogP contribution is -2.15. The minimum absolute atomic E-state index is 0.153. The number of thioether (sulfide) groups is 1. The van der Waals surface area contributed by atoms with Crippen LogP contribution >= 0.6 is 11.8 Å². The van der Waals surface area contributed by atoms with Gasteiger partial charge < -0.3 is 4.74 Å². The summed E-state index contributed by atoms with van der Waals surface area (Å²) in [5.41, 5.74) is 4.22. The average Bonchev–Trinajstić information content (AvgIpc) is 2.73. The van der Waals surface area contributed by atoms with Gasteiger partial charge in [-0.15, -0.1) is 11.8 Å². The second kappa shape index (κ2) is 9.92. The molecule has 1 aliphatic carbocycles. The first-order valence-electron chi connectivity index (χ1n) is 10.0. The zero-order valence-corrected chi connectivity index (χ0v) is 17.5. The second-order valence-corrected chi connectivity index (χ2v) is 8.62. The van der Waals surface area contributed by atoms with E-state index in [1.165, 1.54) is 49.4 Å². The van der Waals surface area contributed by atoms with Gasteiger partial charge in [-0.05, 0) is 49.8 Å². The molecule has 4 heteroatoms. The van der Waals surface area contributed by atoms with Gasteiger partial charge in [-0.3, -0.25) is 9.59 Å². The molecule has 0 heterocycles. The van der Waals surface area contributed by atoms with Gasteiger partial charge in [0.2, 0.25) is 0 Å². The number of aryl methyl sites for hydroxylation is 2. The molecular formula is C24H28O3S. The summed E-state index contributed by atoms with van der Waals surface area (Å²) in [5, 5.41) is 0. The van der Waals surface area contributed by atoms with Crippen molar-refractivity contribution in [3.8, 4) is 0 Å². The highest BCUT2D eigenvalue weighted by Crippen LogP contribution is 2.32. The topological polar surface area (TPSA) is 43.4 Å². The molecule has 0 amide bonds. The number of esters is 1. The fraction of sp³-hybridized carbons (Fsp3) is 0.417. The molecule has 0 saturated heterocycles. The Bertz CT molecular complexity index is 820. The number of hydrogen-bond donors (Lipinski definition) is 0. The van der Waals surface area contributed by atoms with Crippen LogP contribution in [0.25, 0.3) is 0 Å². The van der Waals surface area contributed by atoms with E-state index in [4.69, 9.17) is 4.74 Å². The van der Waals surface area contributed by atoms with Gasteiger partial charge in [-0.1, -0.05) is 61.2 Å². The number of ether oxygens (including phenoxy) is 1. The summed E-state index contributed by atoms with van der Waals surface area (Å²) in [4.78, 5) is 25.4. The van der Waals surface area contributed by atoms with Crippen molar-refractivity contribution in [3.05, 3.63) is 64.7 Å². The van der Waals surface area contributed by atoms with Crippen molar-refractivity contribution in [1.82, 2.24) is 0 Å². The molecule has 1 saturated carbocycles. The summed E-state index contributed by atoms with van der Waals surface area (Å²) in [5.74, 6) is 0.314. The lowest BCUT2D eigenvalue weighted by molar-refractivity contribution is -0.139. The van der Waals surface area contributed by atoms with Crippen LogP contribution in [0.4, 0.5) is 0 Å². The lowest BCUT2D eigenvalue weighted by Gasteiger charge is -2.22. The van der Waals surface area contributed by atoms with Crippen molar-refractivity contribution in [2.75, 3.05) is 12.4 Å². The van der Waals surface area contributed by atoms with E-state index in [1.807, 2.05) is 32.0 Å². The van der Waals surface area contributed by atoms with Gasteiger partial charge >= 0.3 is 5.97 Å². The average molecular weight is 397 g/mol. The fourth-order valence-corrected chi connectivity index (χ4v) is 4.57. The predicted molar refractivity (Wildman–Crippen MR) is 114 cm³/mol. The quantitative estimate of drug-likeness (QED) is 0.333. The molecule has 148 valence electrons. The molecule has 0 aromatic heterocycles. The summed E-state index contributed by atoms with van der Waals surface area (Å²) in [7, 11) is 0. The van der Waals surface area contributed by atoms with Gasteiger partial charge in [-0.2, -0.15) is 0 Å². The third kappa shape index (κ3) is 5.71. The van der Waals surface area contributed by atoms with Gasteiger partial charge in [0.05, 0.1) is 5.75 Å². The Labute approximate surface area is 171 Å². The van der Waals surface area contributed by atoms with Crippen LogP contribution in [0.15, 0.2) is 47.4 Å². The van der Waals surface area contributed by atoms with Crippen molar-refractivity contribution in [2.45, 2.75) is 56.8 Å². The number of carbonyl (C=O) groups is 2.